The van der Waals surface area contributed by atoms with Crippen molar-refractivity contribution in [1.82, 2.24) is 10.2 Å². The van der Waals surface area contributed by atoms with Gasteiger partial charge in [0.25, 0.3) is 0 Å². The predicted molar refractivity (Wildman–Crippen MR) is 127 cm³/mol. The SMILES string of the molecule is CC[C@@H]1CN2CCC1CCC2CC/C(=C/C(C)Cl)C/C(C)=C(/C=C\COC)NC. The highest BCUT2D eigenvalue weighted by Crippen LogP contribution is 2.37. The topological polar surface area (TPSA) is 24.5 Å². The number of likely N-dealkylation sites (N-methyl/N-ethyl adjacent to an activating group) is 1. The molecular formula is C25H43ClN2O. The third-order valence-corrected chi connectivity index (χ3v) is 6.99. The van der Waals surface area contributed by atoms with E-state index in [1.807, 2.05) is 7.05 Å². The zero-order chi connectivity index (χ0) is 21.2. The molecule has 4 heteroatoms. The van der Waals surface area contributed by atoms with Gasteiger partial charge in [-0.2, -0.15) is 0 Å². The molecule has 4 unspecified atom stereocenters. The summed E-state index contributed by atoms with van der Waals surface area (Å²) in [6.45, 7) is 9.93. The van der Waals surface area contributed by atoms with Gasteiger partial charge in [0.05, 0.1) is 6.61 Å². The second kappa shape index (κ2) is 12.8. The van der Waals surface area contributed by atoms with E-state index in [4.69, 9.17) is 16.3 Å². The number of rotatable bonds is 11. The predicted octanol–water partition coefficient (Wildman–Crippen LogP) is 5.92. The standard InChI is InChI=1S/C25H43ClN2O/c1-6-22-18-28-14-13-23(22)10-12-24(28)11-9-21(17-20(3)26)16-19(2)25(27-4)8-7-15-29-5/h7-8,17,20,22-24,27H,6,9-16,18H2,1-5H3/b8-7-,21-17-,25-19-/t20?,22-,23?,24?/m1/s1. The van der Waals surface area contributed by atoms with Gasteiger partial charge in [-0.1, -0.05) is 31.1 Å². The first-order chi connectivity index (χ1) is 14.0. The van der Waals surface area contributed by atoms with E-state index in [9.17, 15) is 0 Å². The summed E-state index contributed by atoms with van der Waals surface area (Å²) in [6, 6.07) is 0.750. The smallest absolute Gasteiger partial charge is 0.0647 e. The third-order valence-electron chi connectivity index (χ3n) is 6.87. The average Bonchev–Trinajstić information content (AvgIpc) is 3.00. The maximum Gasteiger partial charge on any atom is 0.0647 e. The number of nitrogens with zero attached hydrogens (tertiary/aromatic N) is 1. The fourth-order valence-electron chi connectivity index (χ4n) is 5.24. The van der Waals surface area contributed by atoms with Gasteiger partial charge in [-0.05, 0) is 82.4 Å². The van der Waals surface area contributed by atoms with E-state index < -0.39 is 0 Å². The normalized spacial score (nSPS) is 29.7. The summed E-state index contributed by atoms with van der Waals surface area (Å²) in [5, 5.41) is 3.41. The van der Waals surface area contributed by atoms with Crippen LogP contribution in [0.25, 0.3) is 0 Å². The Balaban J connectivity index is 2.02. The van der Waals surface area contributed by atoms with Crippen molar-refractivity contribution < 1.29 is 4.74 Å². The third kappa shape index (κ3) is 7.77. The molecule has 3 aliphatic heterocycles. The Hall–Kier alpha value is -0.770. The van der Waals surface area contributed by atoms with Crippen molar-refractivity contribution in [3.8, 4) is 0 Å². The quantitative estimate of drug-likeness (QED) is 0.254. The van der Waals surface area contributed by atoms with Crippen molar-refractivity contribution in [3.05, 3.63) is 35.1 Å². The summed E-state index contributed by atoms with van der Waals surface area (Å²) < 4.78 is 5.14. The zero-order valence-corrected chi connectivity index (χ0v) is 20.1. The van der Waals surface area contributed by atoms with E-state index in [0.29, 0.717) is 6.61 Å². The van der Waals surface area contributed by atoms with Gasteiger partial charge in [0.2, 0.25) is 0 Å². The molecule has 0 saturated carbocycles. The van der Waals surface area contributed by atoms with Gasteiger partial charge in [0.15, 0.2) is 0 Å². The number of hydrogen-bond acceptors (Lipinski definition) is 3. The van der Waals surface area contributed by atoms with Crippen LogP contribution in [0.1, 0.15) is 65.7 Å². The molecule has 0 spiro atoms. The van der Waals surface area contributed by atoms with Crippen LogP contribution in [0.2, 0.25) is 0 Å². The van der Waals surface area contributed by atoms with Gasteiger partial charge >= 0.3 is 0 Å². The van der Waals surface area contributed by atoms with Crippen LogP contribution < -0.4 is 5.32 Å². The number of nitrogens with one attached hydrogen (secondary N) is 1. The first kappa shape index (κ1) is 24.5. The monoisotopic (exact) mass is 422 g/mol. The van der Waals surface area contributed by atoms with Gasteiger partial charge in [-0.3, -0.25) is 0 Å². The van der Waals surface area contributed by atoms with Crippen molar-refractivity contribution in [2.24, 2.45) is 11.8 Å². The first-order valence-corrected chi connectivity index (χ1v) is 12.0. The van der Waals surface area contributed by atoms with E-state index in [-0.39, 0.29) is 5.38 Å². The number of hydrogen-bond donors (Lipinski definition) is 1. The molecule has 2 bridgehead atoms. The molecule has 0 radical (unpaired) electrons. The molecule has 0 aromatic heterocycles. The maximum atomic E-state index is 6.37. The largest absolute Gasteiger partial charge is 0.388 e. The van der Waals surface area contributed by atoms with Crippen LogP contribution in [0.5, 0.6) is 0 Å². The number of piperidine rings is 1. The lowest BCUT2D eigenvalue weighted by Crippen LogP contribution is -2.42. The molecular weight excluding hydrogens is 380 g/mol. The summed E-state index contributed by atoms with van der Waals surface area (Å²) in [5.74, 6) is 1.90. The van der Waals surface area contributed by atoms with E-state index in [1.165, 1.54) is 62.0 Å². The Labute approximate surface area is 184 Å². The van der Waals surface area contributed by atoms with Crippen LogP contribution in [-0.2, 0) is 4.74 Å². The summed E-state index contributed by atoms with van der Waals surface area (Å²) >= 11 is 6.37. The lowest BCUT2D eigenvalue weighted by Gasteiger charge is -2.37. The molecule has 0 aromatic rings. The minimum atomic E-state index is 0.0784. The van der Waals surface area contributed by atoms with Crippen molar-refractivity contribution in [2.75, 3.05) is 33.9 Å². The minimum Gasteiger partial charge on any atom is -0.388 e. The van der Waals surface area contributed by atoms with Gasteiger partial charge in [0, 0.05) is 37.8 Å². The molecule has 0 amide bonds. The van der Waals surface area contributed by atoms with Crippen LogP contribution in [0.3, 0.4) is 0 Å². The summed E-state index contributed by atoms with van der Waals surface area (Å²) in [4.78, 5) is 2.80. The molecule has 166 valence electrons. The lowest BCUT2D eigenvalue weighted by molar-refractivity contribution is 0.112. The van der Waals surface area contributed by atoms with E-state index in [0.717, 1.165) is 30.7 Å². The van der Waals surface area contributed by atoms with Gasteiger partial charge in [-0.15, -0.1) is 11.6 Å². The Kier molecular flexibility index (Phi) is 10.8. The highest BCUT2D eigenvalue weighted by molar-refractivity contribution is 6.21. The molecule has 3 aliphatic rings. The second-order valence-corrected chi connectivity index (χ2v) is 9.65. The fraction of sp³-hybridized carbons (Fsp3) is 0.760. The molecule has 29 heavy (non-hydrogen) atoms. The zero-order valence-electron chi connectivity index (χ0n) is 19.3. The van der Waals surface area contributed by atoms with Crippen LogP contribution in [-0.4, -0.2) is 50.2 Å². The number of halogens is 1. The van der Waals surface area contributed by atoms with Crippen LogP contribution in [0.4, 0.5) is 0 Å². The van der Waals surface area contributed by atoms with E-state index >= 15 is 0 Å². The van der Waals surface area contributed by atoms with Crippen LogP contribution >= 0.6 is 11.6 Å². The molecule has 3 saturated heterocycles. The molecule has 0 aliphatic carbocycles. The Bertz CT molecular complexity index is 581. The number of fused-ring (bicyclic) bond motifs is 4. The molecule has 3 heterocycles. The molecule has 3 nitrogen and oxygen atoms in total. The lowest BCUT2D eigenvalue weighted by atomic mass is 9.83. The number of methoxy groups -OCH3 is 1. The van der Waals surface area contributed by atoms with Crippen molar-refractivity contribution >= 4 is 11.6 Å². The van der Waals surface area contributed by atoms with Crippen LogP contribution in [0, 0.1) is 11.8 Å². The van der Waals surface area contributed by atoms with Gasteiger partial charge in [-0.25, -0.2) is 0 Å². The molecule has 0 aromatic carbocycles. The van der Waals surface area contributed by atoms with Crippen molar-refractivity contribution in [3.63, 3.8) is 0 Å². The summed E-state index contributed by atoms with van der Waals surface area (Å²) in [5.41, 5.74) is 4.01. The summed E-state index contributed by atoms with van der Waals surface area (Å²) in [6.07, 6.45) is 15.4. The van der Waals surface area contributed by atoms with Crippen molar-refractivity contribution in [1.29, 1.82) is 0 Å². The first-order valence-electron chi connectivity index (χ1n) is 11.6. The molecule has 3 rings (SSSR count). The van der Waals surface area contributed by atoms with E-state index in [1.54, 1.807) is 7.11 Å². The highest BCUT2D eigenvalue weighted by atomic mass is 35.5. The number of ether oxygens (including phenoxy) is 1. The number of alkyl halides is 1. The molecule has 3 fully saturated rings. The Morgan fingerprint density at radius 3 is 2.76 bits per heavy atom. The van der Waals surface area contributed by atoms with Crippen LogP contribution in [0.15, 0.2) is 35.1 Å². The Morgan fingerprint density at radius 1 is 1.31 bits per heavy atom. The van der Waals surface area contributed by atoms with E-state index in [2.05, 4.69) is 49.2 Å². The Morgan fingerprint density at radius 2 is 2.10 bits per heavy atom. The average molecular weight is 423 g/mol. The second-order valence-electron chi connectivity index (χ2n) is 8.96. The molecule has 1 N–H and O–H groups in total. The number of allylic oxidation sites excluding steroid dienone is 4. The molecule has 5 atom stereocenters. The fourth-order valence-corrected chi connectivity index (χ4v) is 5.42. The minimum absolute atomic E-state index is 0.0784. The van der Waals surface area contributed by atoms with Gasteiger partial charge < -0.3 is 15.0 Å². The van der Waals surface area contributed by atoms with Crippen molar-refractivity contribution in [2.45, 2.75) is 77.1 Å². The summed E-state index contributed by atoms with van der Waals surface area (Å²) in [7, 11) is 3.71. The maximum absolute atomic E-state index is 6.37. The highest BCUT2D eigenvalue weighted by Gasteiger charge is 2.35. The van der Waals surface area contributed by atoms with Gasteiger partial charge in [0.1, 0.15) is 0 Å².